The van der Waals surface area contributed by atoms with Gasteiger partial charge in [-0.3, -0.25) is 10.1 Å². The van der Waals surface area contributed by atoms with Gasteiger partial charge < -0.3 is 10.6 Å². The fraction of sp³-hybridized carbons (Fsp3) is 0.0526. The summed E-state index contributed by atoms with van der Waals surface area (Å²) in [5, 5.41) is 21.3. The van der Waals surface area contributed by atoms with Crippen LogP contribution in [0.25, 0.3) is 5.69 Å². The number of carbonyl (C=O) groups is 2. The molecule has 4 aromatic rings. The van der Waals surface area contributed by atoms with Crippen LogP contribution in [-0.2, 0) is 11.2 Å². The van der Waals surface area contributed by atoms with Gasteiger partial charge in [-0.2, -0.15) is 0 Å². The molecule has 0 aliphatic rings. The van der Waals surface area contributed by atoms with Gasteiger partial charge in [-0.15, -0.1) is 16.4 Å². The predicted molar refractivity (Wildman–Crippen MR) is 113 cm³/mol. The number of thiazole rings is 1. The summed E-state index contributed by atoms with van der Waals surface area (Å²) in [5.41, 5.74) is 2.57. The molecule has 0 saturated heterocycles. The first kappa shape index (κ1) is 19.2. The van der Waals surface area contributed by atoms with Crippen LogP contribution in [0.3, 0.4) is 0 Å². The zero-order valence-corrected chi connectivity index (χ0v) is 16.3. The van der Waals surface area contributed by atoms with Crippen LogP contribution in [0.4, 0.5) is 21.3 Å². The SMILES string of the molecule is O=C(Cc1csc(NC(=O)Nc2ccccc2)n1)Nc1cccc(-n2cnnn2)c1. The fourth-order valence-electron chi connectivity index (χ4n) is 2.60. The third kappa shape index (κ3) is 5.02. The van der Waals surface area contributed by atoms with Gasteiger partial charge in [0.2, 0.25) is 5.91 Å². The first-order valence-electron chi connectivity index (χ1n) is 8.86. The lowest BCUT2D eigenvalue weighted by molar-refractivity contribution is -0.115. The van der Waals surface area contributed by atoms with Crippen molar-refractivity contribution in [2.45, 2.75) is 6.42 Å². The molecule has 30 heavy (non-hydrogen) atoms. The Balaban J connectivity index is 1.32. The number of carbonyl (C=O) groups excluding carboxylic acids is 2. The molecule has 150 valence electrons. The van der Waals surface area contributed by atoms with E-state index in [-0.39, 0.29) is 12.3 Å². The maximum Gasteiger partial charge on any atom is 0.325 e. The number of amides is 3. The van der Waals surface area contributed by atoms with Gasteiger partial charge in [0.25, 0.3) is 0 Å². The third-order valence-corrected chi connectivity index (χ3v) is 4.70. The normalized spacial score (nSPS) is 10.4. The Morgan fingerprint density at radius 1 is 0.967 bits per heavy atom. The van der Waals surface area contributed by atoms with Crippen LogP contribution in [-0.4, -0.2) is 37.1 Å². The van der Waals surface area contributed by atoms with Crippen molar-refractivity contribution in [1.29, 1.82) is 0 Å². The zero-order chi connectivity index (χ0) is 20.8. The van der Waals surface area contributed by atoms with Crippen molar-refractivity contribution in [3.63, 3.8) is 0 Å². The van der Waals surface area contributed by atoms with Crippen LogP contribution in [0.15, 0.2) is 66.3 Å². The highest BCUT2D eigenvalue weighted by Crippen LogP contribution is 2.18. The van der Waals surface area contributed by atoms with E-state index in [1.54, 1.807) is 35.7 Å². The van der Waals surface area contributed by atoms with Crippen molar-refractivity contribution in [2.24, 2.45) is 0 Å². The second-order valence-corrected chi connectivity index (χ2v) is 6.98. The molecule has 2 aromatic heterocycles. The average Bonchev–Trinajstić information content (AvgIpc) is 3.41. The van der Waals surface area contributed by atoms with Gasteiger partial charge in [-0.25, -0.2) is 14.5 Å². The molecule has 10 nitrogen and oxygen atoms in total. The highest BCUT2D eigenvalue weighted by Gasteiger charge is 2.11. The Kier molecular flexibility index (Phi) is 5.71. The fourth-order valence-corrected chi connectivity index (χ4v) is 3.31. The lowest BCUT2D eigenvalue weighted by atomic mass is 10.2. The number of nitrogens with one attached hydrogen (secondary N) is 3. The molecule has 0 bridgehead atoms. The molecule has 0 unspecified atom stereocenters. The number of aromatic nitrogens is 5. The Labute approximate surface area is 175 Å². The second kappa shape index (κ2) is 8.92. The van der Waals surface area contributed by atoms with Crippen LogP contribution in [0.2, 0.25) is 0 Å². The van der Waals surface area contributed by atoms with Crippen molar-refractivity contribution >= 4 is 39.8 Å². The third-order valence-electron chi connectivity index (χ3n) is 3.89. The molecule has 0 fully saturated rings. The summed E-state index contributed by atoms with van der Waals surface area (Å²) >= 11 is 1.25. The van der Waals surface area contributed by atoms with Gasteiger partial charge in [0, 0.05) is 16.8 Å². The number of rotatable bonds is 6. The average molecular weight is 420 g/mol. The zero-order valence-electron chi connectivity index (χ0n) is 15.5. The highest BCUT2D eigenvalue weighted by atomic mass is 32.1. The summed E-state index contributed by atoms with van der Waals surface area (Å²) in [6, 6.07) is 15.8. The van der Waals surface area contributed by atoms with E-state index in [1.807, 2.05) is 24.3 Å². The quantitative estimate of drug-likeness (QED) is 0.440. The van der Waals surface area contributed by atoms with Crippen LogP contribution < -0.4 is 16.0 Å². The van der Waals surface area contributed by atoms with E-state index in [0.29, 0.717) is 22.2 Å². The number of nitrogens with zero attached hydrogens (tertiary/aromatic N) is 5. The van der Waals surface area contributed by atoms with Gasteiger partial charge in [0.1, 0.15) is 6.33 Å². The molecule has 0 spiro atoms. The molecule has 0 saturated carbocycles. The number of hydrogen-bond acceptors (Lipinski definition) is 7. The Hall–Kier alpha value is -4.12. The number of para-hydroxylation sites is 1. The minimum atomic E-state index is -0.397. The highest BCUT2D eigenvalue weighted by molar-refractivity contribution is 7.14. The van der Waals surface area contributed by atoms with Crippen LogP contribution in [0.5, 0.6) is 0 Å². The van der Waals surface area contributed by atoms with E-state index in [9.17, 15) is 9.59 Å². The van der Waals surface area contributed by atoms with Crippen LogP contribution in [0, 0.1) is 0 Å². The smallest absolute Gasteiger partial charge is 0.325 e. The number of anilines is 3. The molecule has 4 rings (SSSR count). The lowest BCUT2D eigenvalue weighted by Crippen LogP contribution is -2.19. The number of urea groups is 1. The molecule has 2 heterocycles. The van der Waals surface area contributed by atoms with Gasteiger partial charge >= 0.3 is 6.03 Å². The lowest BCUT2D eigenvalue weighted by Gasteiger charge is -2.06. The standard InChI is InChI=1S/C19H16N8O2S/c28-17(21-14-7-4-8-16(9-14)27-12-20-25-26-27)10-15-11-30-19(23-15)24-18(29)22-13-5-2-1-3-6-13/h1-9,11-12H,10H2,(H,21,28)(H2,22,23,24,29). The molecular weight excluding hydrogens is 404 g/mol. The molecule has 3 amide bonds. The summed E-state index contributed by atoms with van der Waals surface area (Å²) in [6.45, 7) is 0. The van der Waals surface area contributed by atoms with Crippen molar-refractivity contribution in [3.05, 3.63) is 72.0 Å². The maximum atomic E-state index is 12.4. The molecule has 0 atom stereocenters. The van der Waals surface area contributed by atoms with Gasteiger partial charge in [0.15, 0.2) is 5.13 Å². The minimum absolute atomic E-state index is 0.0770. The van der Waals surface area contributed by atoms with Gasteiger partial charge in [-0.05, 0) is 40.8 Å². The van der Waals surface area contributed by atoms with E-state index in [2.05, 4.69) is 36.5 Å². The van der Waals surface area contributed by atoms with E-state index in [0.717, 1.165) is 5.69 Å². The second-order valence-electron chi connectivity index (χ2n) is 6.12. The molecule has 2 aromatic carbocycles. The topological polar surface area (TPSA) is 127 Å². The van der Waals surface area contributed by atoms with Crippen molar-refractivity contribution in [1.82, 2.24) is 25.2 Å². The molecule has 0 radical (unpaired) electrons. The number of benzene rings is 2. The van der Waals surface area contributed by atoms with E-state index >= 15 is 0 Å². The molecule has 0 aliphatic heterocycles. The number of hydrogen-bond donors (Lipinski definition) is 3. The van der Waals surface area contributed by atoms with E-state index < -0.39 is 6.03 Å². The summed E-state index contributed by atoms with van der Waals surface area (Å²) in [6.07, 6.45) is 1.55. The summed E-state index contributed by atoms with van der Waals surface area (Å²) in [7, 11) is 0. The van der Waals surface area contributed by atoms with Gasteiger partial charge in [0.05, 0.1) is 17.8 Å². The maximum absolute atomic E-state index is 12.4. The van der Waals surface area contributed by atoms with Crippen molar-refractivity contribution in [3.8, 4) is 5.69 Å². The molecule has 11 heteroatoms. The molecule has 3 N–H and O–H groups in total. The Morgan fingerprint density at radius 2 is 1.80 bits per heavy atom. The largest absolute Gasteiger partial charge is 0.326 e. The number of tetrazole rings is 1. The monoisotopic (exact) mass is 420 g/mol. The van der Waals surface area contributed by atoms with Crippen molar-refractivity contribution < 1.29 is 9.59 Å². The first-order valence-corrected chi connectivity index (χ1v) is 9.74. The summed E-state index contributed by atoms with van der Waals surface area (Å²) in [5.74, 6) is -0.227. The van der Waals surface area contributed by atoms with E-state index in [4.69, 9.17) is 0 Å². The first-order chi connectivity index (χ1) is 14.7. The predicted octanol–water partition coefficient (Wildman–Crippen LogP) is 2.94. The Bertz CT molecular complexity index is 1140. The minimum Gasteiger partial charge on any atom is -0.326 e. The molecule has 0 aliphatic carbocycles. The molecular formula is C19H16N8O2S. The summed E-state index contributed by atoms with van der Waals surface area (Å²) in [4.78, 5) is 28.7. The Morgan fingerprint density at radius 3 is 2.60 bits per heavy atom. The van der Waals surface area contributed by atoms with Crippen molar-refractivity contribution in [2.75, 3.05) is 16.0 Å². The van der Waals surface area contributed by atoms with Crippen LogP contribution in [0.1, 0.15) is 5.69 Å². The van der Waals surface area contributed by atoms with Gasteiger partial charge in [-0.1, -0.05) is 24.3 Å². The van der Waals surface area contributed by atoms with E-state index in [1.165, 1.54) is 22.3 Å². The van der Waals surface area contributed by atoms with Crippen LogP contribution >= 0.6 is 11.3 Å². The summed E-state index contributed by atoms with van der Waals surface area (Å²) < 4.78 is 1.49.